The van der Waals surface area contributed by atoms with Crippen LogP contribution in [-0.2, 0) is 0 Å². The Labute approximate surface area is 105 Å². The van der Waals surface area contributed by atoms with E-state index in [9.17, 15) is 9.18 Å². The summed E-state index contributed by atoms with van der Waals surface area (Å²) in [6.45, 7) is 4.00. The molecule has 1 rings (SSSR count). The highest BCUT2D eigenvalue weighted by atomic mass is 35.5. The number of hydrogen-bond donors (Lipinski definition) is 2. The highest BCUT2D eigenvalue weighted by Gasteiger charge is 2.10. The maximum absolute atomic E-state index is 12.8. The van der Waals surface area contributed by atoms with E-state index in [0.29, 0.717) is 5.69 Å². The molecule has 0 aromatic heterocycles. The van der Waals surface area contributed by atoms with Gasteiger partial charge in [0.15, 0.2) is 0 Å². The first-order chi connectivity index (χ1) is 8.06. The second kappa shape index (κ2) is 6.45. The van der Waals surface area contributed by atoms with Gasteiger partial charge >= 0.3 is 6.03 Å². The summed E-state index contributed by atoms with van der Waals surface area (Å²) in [6, 6.07) is 3.65. The van der Waals surface area contributed by atoms with E-state index >= 15 is 0 Å². The average Bonchev–Trinajstić information content (AvgIpc) is 2.29. The van der Waals surface area contributed by atoms with Crippen LogP contribution in [0.25, 0.3) is 0 Å². The zero-order chi connectivity index (χ0) is 12.8. The van der Waals surface area contributed by atoms with Gasteiger partial charge in [-0.2, -0.15) is 0 Å². The van der Waals surface area contributed by atoms with E-state index in [0.717, 1.165) is 18.9 Å². The number of benzene rings is 1. The van der Waals surface area contributed by atoms with Crippen LogP contribution in [0, 0.1) is 5.82 Å². The lowest BCUT2D eigenvalue weighted by molar-refractivity contribution is 0.247. The number of halogens is 2. The monoisotopic (exact) mass is 258 g/mol. The van der Waals surface area contributed by atoms with Crippen LogP contribution < -0.4 is 10.6 Å². The van der Waals surface area contributed by atoms with Crippen LogP contribution in [0.3, 0.4) is 0 Å². The summed E-state index contributed by atoms with van der Waals surface area (Å²) in [6.07, 6.45) is 1.72. The Bertz CT molecular complexity index is 394. The van der Waals surface area contributed by atoms with E-state index in [1.54, 1.807) is 0 Å². The zero-order valence-corrected chi connectivity index (χ0v) is 10.6. The predicted molar refractivity (Wildman–Crippen MR) is 67.9 cm³/mol. The fraction of sp³-hybridized carbons (Fsp3) is 0.417. The summed E-state index contributed by atoms with van der Waals surface area (Å²) in [5.74, 6) is -0.430. The molecule has 5 heteroatoms. The molecule has 0 heterocycles. The predicted octanol–water partition coefficient (Wildman–Crippen LogP) is 3.79. The van der Waals surface area contributed by atoms with Gasteiger partial charge in [0.05, 0.1) is 10.7 Å². The first-order valence-corrected chi connectivity index (χ1v) is 5.97. The van der Waals surface area contributed by atoms with Crippen molar-refractivity contribution in [3.63, 3.8) is 0 Å². The van der Waals surface area contributed by atoms with E-state index in [-0.39, 0.29) is 17.1 Å². The molecule has 0 radical (unpaired) electrons. The lowest BCUT2D eigenvalue weighted by atomic mass is 10.2. The molecule has 0 fully saturated rings. The normalized spacial score (nSPS) is 10.4. The van der Waals surface area contributed by atoms with Crippen LogP contribution in [0.4, 0.5) is 14.9 Å². The van der Waals surface area contributed by atoms with Gasteiger partial charge < -0.3 is 10.6 Å². The number of urea groups is 1. The van der Waals surface area contributed by atoms with E-state index in [2.05, 4.69) is 10.6 Å². The number of rotatable bonds is 4. The van der Waals surface area contributed by atoms with Crippen molar-refractivity contribution in [2.45, 2.75) is 32.7 Å². The molecule has 0 spiro atoms. The number of carbonyl (C=O) groups excluding carboxylic acids is 1. The van der Waals surface area contributed by atoms with E-state index < -0.39 is 5.82 Å². The van der Waals surface area contributed by atoms with Crippen molar-refractivity contribution >= 4 is 23.3 Å². The number of carbonyl (C=O) groups is 1. The van der Waals surface area contributed by atoms with Gasteiger partial charge in [-0.1, -0.05) is 25.4 Å². The number of hydrogen-bond acceptors (Lipinski definition) is 1. The molecule has 3 nitrogen and oxygen atoms in total. The minimum Gasteiger partial charge on any atom is -0.335 e. The smallest absolute Gasteiger partial charge is 0.319 e. The van der Waals surface area contributed by atoms with Crippen molar-refractivity contribution in [1.82, 2.24) is 5.32 Å². The topological polar surface area (TPSA) is 41.1 Å². The maximum Gasteiger partial charge on any atom is 0.319 e. The van der Waals surface area contributed by atoms with Crippen molar-refractivity contribution in [1.29, 1.82) is 0 Å². The van der Waals surface area contributed by atoms with E-state index in [4.69, 9.17) is 11.6 Å². The summed E-state index contributed by atoms with van der Waals surface area (Å²) < 4.78 is 12.8. The molecule has 0 atom stereocenters. The molecule has 2 amide bonds. The maximum atomic E-state index is 12.8. The Morgan fingerprint density at radius 2 is 2.06 bits per heavy atom. The standard InChI is InChI=1S/C12H16ClFN2O/c1-3-9(4-2)15-12(17)16-11-6-5-8(14)7-10(11)13/h5-7,9H,3-4H2,1-2H3,(H2,15,16,17). The lowest BCUT2D eigenvalue weighted by Gasteiger charge is -2.15. The van der Waals surface area contributed by atoms with Crippen molar-refractivity contribution in [3.8, 4) is 0 Å². The van der Waals surface area contributed by atoms with Gasteiger partial charge in [-0.15, -0.1) is 0 Å². The third-order valence-electron chi connectivity index (χ3n) is 2.50. The molecule has 0 aliphatic rings. The largest absolute Gasteiger partial charge is 0.335 e. The van der Waals surface area contributed by atoms with E-state index in [1.807, 2.05) is 13.8 Å². The molecule has 17 heavy (non-hydrogen) atoms. The van der Waals surface area contributed by atoms with Gasteiger partial charge in [0.25, 0.3) is 0 Å². The number of amides is 2. The Hall–Kier alpha value is -1.29. The Morgan fingerprint density at radius 3 is 2.59 bits per heavy atom. The van der Waals surface area contributed by atoms with Crippen molar-refractivity contribution in [2.24, 2.45) is 0 Å². The number of nitrogens with one attached hydrogen (secondary N) is 2. The van der Waals surface area contributed by atoms with Crippen molar-refractivity contribution in [2.75, 3.05) is 5.32 Å². The Morgan fingerprint density at radius 1 is 1.41 bits per heavy atom. The molecule has 1 aromatic carbocycles. The van der Waals surface area contributed by atoms with Gasteiger partial charge in [0.2, 0.25) is 0 Å². The second-order valence-corrected chi connectivity index (χ2v) is 4.14. The molecule has 0 saturated carbocycles. The lowest BCUT2D eigenvalue weighted by Crippen LogP contribution is -2.37. The van der Waals surface area contributed by atoms with Gasteiger partial charge in [0.1, 0.15) is 5.82 Å². The minimum atomic E-state index is -0.430. The first kappa shape index (κ1) is 13.8. The zero-order valence-electron chi connectivity index (χ0n) is 9.89. The summed E-state index contributed by atoms with van der Waals surface area (Å²) in [5.41, 5.74) is 0.400. The summed E-state index contributed by atoms with van der Waals surface area (Å²) in [5, 5.41) is 5.58. The molecular formula is C12H16ClFN2O. The molecule has 1 aromatic rings. The van der Waals surface area contributed by atoms with Gasteiger partial charge in [-0.05, 0) is 31.0 Å². The Balaban J connectivity index is 2.62. The highest BCUT2D eigenvalue weighted by molar-refractivity contribution is 6.33. The van der Waals surface area contributed by atoms with Crippen LogP contribution in [0.1, 0.15) is 26.7 Å². The molecule has 94 valence electrons. The van der Waals surface area contributed by atoms with Crippen molar-refractivity contribution < 1.29 is 9.18 Å². The molecule has 0 aliphatic heterocycles. The summed E-state index contributed by atoms with van der Waals surface area (Å²) in [7, 11) is 0. The third kappa shape index (κ3) is 4.23. The quantitative estimate of drug-likeness (QED) is 0.848. The van der Waals surface area contributed by atoms with Crippen LogP contribution in [0.15, 0.2) is 18.2 Å². The van der Waals surface area contributed by atoms with Crippen LogP contribution in [0.5, 0.6) is 0 Å². The highest BCUT2D eigenvalue weighted by Crippen LogP contribution is 2.22. The van der Waals surface area contributed by atoms with Crippen LogP contribution in [0.2, 0.25) is 5.02 Å². The molecular weight excluding hydrogens is 243 g/mol. The molecule has 0 saturated heterocycles. The molecule has 0 bridgehead atoms. The minimum absolute atomic E-state index is 0.134. The molecule has 2 N–H and O–H groups in total. The SMILES string of the molecule is CCC(CC)NC(=O)Nc1ccc(F)cc1Cl. The molecule has 0 unspecified atom stereocenters. The summed E-state index contributed by atoms with van der Waals surface area (Å²) in [4.78, 5) is 11.6. The van der Waals surface area contributed by atoms with Crippen molar-refractivity contribution in [3.05, 3.63) is 29.0 Å². The Kier molecular flexibility index (Phi) is 5.22. The molecule has 0 aliphatic carbocycles. The fourth-order valence-electron chi connectivity index (χ4n) is 1.43. The number of anilines is 1. The van der Waals surface area contributed by atoms with Crippen LogP contribution in [-0.4, -0.2) is 12.1 Å². The summed E-state index contributed by atoms with van der Waals surface area (Å²) >= 11 is 5.80. The fourth-order valence-corrected chi connectivity index (χ4v) is 1.64. The van der Waals surface area contributed by atoms with Gasteiger partial charge in [0, 0.05) is 6.04 Å². The van der Waals surface area contributed by atoms with Gasteiger partial charge in [-0.25, -0.2) is 9.18 Å². The average molecular weight is 259 g/mol. The third-order valence-corrected chi connectivity index (χ3v) is 2.81. The second-order valence-electron chi connectivity index (χ2n) is 3.74. The van der Waals surface area contributed by atoms with Gasteiger partial charge in [-0.3, -0.25) is 0 Å². The van der Waals surface area contributed by atoms with E-state index in [1.165, 1.54) is 12.1 Å². The first-order valence-electron chi connectivity index (χ1n) is 5.59. The van der Waals surface area contributed by atoms with Crippen LogP contribution >= 0.6 is 11.6 Å².